The SMILES string of the molecule is COc1ccc(NC(C)=O)cc1NC(=O)CCC1NC(=O)c2ccccc2NC1=O. The molecule has 9 heteroatoms. The van der Waals surface area contributed by atoms with Gasteiger partial charge >= 0.3 is 0 Å². The standard InChI is InChI=1S/C21H22N4O5/c1-12(26)22-13-7-9-18(30-2)17(11-13)23-19(27)10-8-16-21(29)24-15-6-4-3-5-14(15)20(28)25-16/h3-7,9,11,16H,8,10H2,1-2H3,(H,22,26)(H,23,27)(H,24,29)(H,25,28). The quantitative estimate of drug-likeness (QED) is 0.580. The van der Waals surface area contributed by atoms with E-state index in [0.29, 0.717) is 28.4 Å². The van der Waals surface area contributed by atoms with Gasteiger partial charge in [-0.05, 0) is 36.8 Å². The van der Waals surface area contributed by atoms with Gasteiger partial charge in [-0.25, -0.2) is 0 Å². The monoisotopic (exact) mass is 410 g/mol. The molecule has 1 atom stereocenters. The number of hydrogen-bond donors (Lipinski definition) is 4. The topological polar surface area (TPSA) is 126 Å². The number of methoxy groups -OCH3 is 1. The van der Waals surface area contributed by atoms with Gasteiger partial charge in [0, 0.05) is 19.0 Å². The fourth-order valence-electron chi connectivity index (χ4n) is 3.09. The van der Waals surface area contributed by atoms with Crippen molar-refractivity contribution in [2.45, 2.75) is 25.8 Å². The first-order valence-corrected chi connectivity index (χ1v) is 9.33. The Bertz CT molecular complexity index is 1000. The van der Waals surface area contributed by atoms with Crippen LogP contribution in [0.5, 0.6) is 5.75 Å². The maximum absolute atomic E-state index is 12.5. The number of para-hydroxylation sites is 1. The summed E-state index contributed by atoms with van der Waals surface area (Å²) in [5.41, 5.74) is 1.70. The third-order valence-electron chi connectivity index (χ3n) is 4.51. The minimum absolute atomic E-state index is 0.0117. The molecule has 2 aromatic carbocycles. The van der Waals surface area contributed by atoms with Crippen molar-refractivity contribution in [1.82, 2.24) is 5.32 Å². The number of benzene rings is 2. The lowest BCUT2D eigenvalue weighted by atomic mass is 10.1. The van der Waals surface area contributed by atoms with E-state index in [1.165, 1.54) is 14.0 Å². The third kappa shape index (κ3) is 4.93. The van der Waals surface area contributed by atoms with Gasteiger partial charge in [0.2, 0.25) is 17.7 Å². The molecule has 0 aliphatic carbocycles. The highest BCUT2D eigenvalue weighted by Gasteiger charge is 2.28. The lowest BCUT2D eigenvalue weighted by Crippen LogP contribution is -2.41. The fraction of sp³-hybridized carbons (Fsp3) is 0.238. The Kier molecular flexibility index (Phi) is 6.31. The number of rotatable bonds is 6. The minimum atomic E-state index is -0.844. The molecule has 0 spiro atoms. The van der Waals surface area contributed by atoms with Crippen LogP contribution in [0.1, 0.15) is 30.1 Å². The average Bonchev–Trinajstić information content (AvgIpc) is 2.82. The van der Waals surface area contributed by atoms with Crippen molar-refractivity contribution in [3.63, 3.8) is 0 Å². The summed E-state index contributed by atoms with van der Waals surface area (Å²) in [6.45, 7) is 1.38. The zero-order valence-electron chi connectivity index (χ0n) is 16.6. The second kappa shape index (κ2) is 9.08. The number of hydrogen-bond acceptors (Lipinski definition) is 5. The second-order valence-corrected chi connectivity index (χ2v) is 6.74. The molecule has 156 valence electrons. The highest BCUT2D eigenvalue weighted by Crippen LogP contribution is 2.28. The van der Waals surface area contributed by atoms with Gasteiger partial charge in [-0.1, -0.05) is 12.1 Å². The molecular formula is C21H22N4O5. The molecule has 0 saturated carbocycles. The Labute approximate surface area is 173 Å². The number of amides is 4. The van der Waals surface area contributed by atoms with E-state index in [1.54, 1.807) is 42.5 Å². The molecule has 30 heavy (non-hydrogen) atoms. The maximum atomic E-state index is 12.5. The van der Waals surface area contributed by atoms with Crippen molar-refractivity contribution >= 4 is 40.7 Å². The van der Waals surface area contributed by atoms with Crippen LogP contribution in [0, 0.1) is 0 Å². The first-order valence-electron chi connectivity index (χ1n) is 9.33. The molecule has 0 fully saturated rings. The summed E-state index contributed by atoms with van der Waals surface area (Å²) in [7, 11) is 1.46. The molecule has 4 N–H and O–H groups in total. The Morgan fingerprint density at radius 1 is 1.10 bits per heavy atom. The van der Waals surface area contributed by atoms with Gasteiger partial charge in [0.15, 0.2) is 0 Å². The van der Waals surface area contributed by atoms with Crippen LogP contribution < -0.4 is 26.0 Å². The number of carbonyl (C=O) groups excluding carboxylic acids is 4. The van der Waals surface area contributed by atoms with E-state index < -0.39 is 6.04 Å². The van der Waals surface area contributed by atoms with Gasteiger partial charge in [0.1, 0.15) is 11.8 Å². The number of anilines is 3. The molecule has 1 aliphatic rings. The highest BCUT2D eigenvalue weighted by molar-refractivity contribution is 6.10. The summed E-state index contributed by atoms with van der Waals surface area (Å²) in [6.07, 6.45) is 0.104. The summed E-state index contributed by atoms with van der Waals surface area (Å²) in [5.74, 6) is -0.940. The van der Waals surface area contributed by atoms with Crippen molar-refractivity contribution in [1.29, 1.82) is 0 Å². The van der Waals surface area contributed by atoms with E-state index in [9.17, 15) is 19.2 Å². The van der Waals surface area contributed by atoms with Crippen molar-refractivity contribution in [2.24, 2.45) is 0 Å². The summed E-state index contributed by atoms with van der Waals surface area (Å²) in [4.78, 5) is 48.5. The minimum Gasteiger partial charge on any atom is -0.495 e. The van der Waals surface area contributed by atoms with Crippen LogP contribution in [0.3, 0.4) is 0 Å². The van der Waals surface area contributed by atoms with Crippen LogP contribution in [-0.2, 0) is 14.4 Å². The van der Waals surface area contributed by atoms with Crippen LogP contribution in [0.4, 0.5) is 17.1 Å². The zero-order valence-corrected chi connectivity index (χ0v) is 16.6. The van der Waals surface area contributed by atoms with Crippen LogP contribution >= 0.6 is 0 Å². The molecule has 0 aromatic heterocycles. The fourth-order valence-corrected chi connectivity index (χ4v) is 3.09. The molecule has 1 aliphatic heterocycles. The first-order chi connectivity index (χ1) is 14.4. The second-order valence-electron chi connectivity index (χ2n) is 6.74. The first kappa shape index (κ1) is 20.8. The van der Waals surface area contributed by atoms with Crippen LogP contribution in [0.15, 0.2) is 42.5 Å². The molecule has 0 bridgehead atoms. The van der Waals surface area contributed by atoms with Crippen molar-refractivity contribution in [3.8, 4) is 5.75 Å². The summed E-state index contributed by atoms with van der Waals surface area (Å²) >= 11 is 0. The summed E-state index contributed by atoms with van der Waals surface area (Å²) < 4.78 is 5.24. The Balaban J connectivity index is 1.64. The predicted octanol–water partition coefficient (Wildman–Crippen LogP) is 2.12. The number of nitrogens with one attached hydrogen (secondary N) is 4. The van der Waals surface area contributed by atoms with E-state index in [0.717, 1.165) is 0 Å². The summed E-state index contributed by atoms with van der Waals surface area (Å²) in [6, 6.07) is 10.7. The van der Waals surface area contributed by atoms with E-state index >= 15 is 0 Å². The van der Waals surface area contributed by atoms with Gasteiger partial charge in [-0.3, -0.25) is 19.2 Å². The Morgan fingerprint density at radius 3 is 2.60 bits per heavy atom. The van der Waals surface area contributed by atoms with E-state index in [-0.39, 0.29) is 36.5 Å². The predicted molar refractivity (Wildman–Crippen MR) is 111 cm³/mol. The normalized spacial score (nSPS) is 15.2. The van der Waals surface area contributed by atoms with Gasteiger partial charge in [-0.2, -0.15) is 0 Å². The molecule has 2 aromatic rings. The molecule has 1 heterocycles. The molecule has 0 saturated heterocycles. The van der Waals surface area contributed by atoms with E-state index in [2.05, 4.69) is 21.3 Å². The van der Waals surface area contributed by atoms with Crippen LogP contribution in [0.2, 0.25) is 0 Å². The number of carbonyl (C=O) groups is 4. The van der Waals surface area contributed by atoms with Crippen molar-refractivity contribution < 1.29 is 23.9 Å². The van der Waals surface area contributed by atoms with Crippen LogP contribution in [-0.4, -0.2) is 36.8 Å². The average molecular weight is 410 g/mol. The maximum Gasteiger partial charge on any atom is 0.254 e. The molecule has 0 radical (unpaired) electrons. The molecule has 9 nitrogen and oxygen atoms in total. The summed E-state index contributed by atoms with van der Waals surface area (Å²) in [5, 5.41) is 10.7. The smallest absolute Gasteiger partial charge is 0.254 e. The van der Waals surface area contributed by atoms with Gasteiger partial charge in [-0.15, -0.1) is 0 Å². The highest BCUT2D eigenvalue weighted by atomic mass is 16.5. The molecular weight excluding hydrogens is 388 g/mol. The van der Waals surface area contributed by atoms with E-state index in [1.807, 2.05) is 0 Å². The lowest BCUT2D eigenvalue weighted by molar-refractivity contribution is -0.119. The van der Waals surface area contributed by atoms with Gasteiger partial charge in [0.05, 0.1) is 24.0 Å². The molecule has 4 amide bonds. The number of ether oxygens (including phenoxy) is 1. The van der Waals surface area contributed by atoms with E-state index in [4.69, 9.17) is 4.74 Å². The van der Waals surface area contributed by atoms with Gasteiger partial charge in [0.25, 0.3) is 5.91 Å². The van der Waals surface area contributed by atoms with Gasteiger partial charge < -0.3 is 26.0 Å². The third-order valence-corrected chi connectivity index (χ3v) is 4.51. The largest absolute Gasteiger partial charge is 0.495 e. The van der Waals surface area contributed by atoms with Crippen LogP contribution in [0.25, 0.3) is 0 Å². The number of fused-ring (bicyclic) bond motifs is 1. The molecule has 1 unspecified atom stereocenters. The van der Waals surface area contributed by atoms with Crippen molar-refractivity contribution in [3.05, 3.63) is 48.0 Å². The van der Waals surface area contributed by atoms with Crippen molar-refractivity contribution in [2.75, 3.05) is 23.1 Å². The zero-order chi connectivity index (χ0) is 21.7. The molecule has 3 rings (SSSR count). The Morgan fingerprint density at radius 2 is 1.87 bits per heavy atom. The lowest BCUT2D eigenvalue weighted by Gasteiger charge is -2.15. The Hall–Kier alpha value is -3.88.